The Kier molecular flexibility index (Phi) is 5.90. The number of fused-ring (bicyclic) bond motifs is 2. The van der Waals surface area contributed by atoms with E-state index in [0.29, 0.717) is 25.3 Å². The van der Waals surface area contributed by atoms with Crippen LogP contribution in [0.4, 0.5) is 0 Å². The van der Waals surface area contributed by atoms with E-state index in [2.05, 4.69) is 20.4 Å². The lowest BCUT2D eigenvalue weighted by Gasteiger charge is -2.11. The summed E-state index contributed by atoms with van der Waals surface area (Å²) in [6, 6.07) is 11.8. The fourth-order valence-corrected chi connectivity index (χ4v) is 4.44. The van der Waals surface area contributed by atoms with E-state index in [1.807, 2.05) is 61.9 Å². The molecule has 4 aromatic heterocycles. The van der Waals surface area contributed by atoms with E-state index in [0.717, 1.165) is 50.3 Å². The van der Waals surface area contributed by atoms with Crippen molar-refractivity contribution in [1.29, 1.82) is 0 Å². The summed E-state index contributed by atoms with van der Waals surface area (Å²) in [5, 5.41) is 8.28. The van der Waals surface area contributed by atoms with E-state index in [1.165, 1.54) is 0 Å². The Morgan fingerprint density at radius 3 is 2.71 bits per heavy atom. The summed E-state index contributed by atoms with van der Waals surface area (Å²) in [4.78, 5) is 26.3. The van der Waals surface area contributed by atoms with Gasteiger partial charge in [0.05, 0.1) is 23.5 Å². The molecule has 178 valence electrons. The average molecular weight is 470 g/mol. The smallest absolute Gasteiger partial charge is 0.242 e. The number of nitrogens with one attached hydrogen (secondary N) is 1. The molecule has 0 saturated carbocycles. The fraction of sp³-hybridized carbons (Fsp3) is 0.269. The van der Waals surface area contributed by atoms with Gasteiger partial charge < -0.3 is 10.1 Å². The second-order valence-corrected chi connectivity index (χ2v) is 8.54. The van der Waals surface area contributed by atoms with Crippen LogP contribution in [0.5, 0.6) is 5.88 Å². The predicted molar refractivity (Wildman–Crippen MR) is 134 cm³/mol. The highest BCUT2D eigenvalue weighted by Crippen LogP contribution is 2.30. The first-order valence-corrected chi connectivity index (χ1v) is 11.5. The van der Waals surface area contributed by atoms with Crippen molar-refractivity contribution in [1.82, 2.24) is 34.6 Å². The fourth-order valence-electron chi connectivity index (χ4n) is 4.44. The molecular weight excluding hydrogens is 442 g/mol. The Morgan fingerprint density at radius 1 is 1.11 bits per heavy atom. The van der Waals surface area contributed by atoms with Crippen molar-refractivity contribution in [2.75, 3.05) is 7.11 Å². The largest absolute Gasteiger partial charge is 0.479 e. The van der Waals surface area contributed by atoms with Gasteiger partial charge in [-0.05, 0) is 55.2 Å². The molecule has 4 heterocycles. The Morgan fingerprint density at radius 2 is 1.94 bits per heavy atom. The molecule has 35 heavy (non-hydrogen) atoms. The van der Waals surface area contributed by atoms with Gasteiger partial charge >= 0.3 is 0 Å². The number of ether oxygens (including phenoxy) is 1. The van der Waals surface area contributed by atoms with Crippen LogP contribution < -0.4 is 10.1 Å². The molecule has 0 atom stereocenters. The van der Waals surface area contributed by atoms with Gasteiger partial charge in [0, 0.05) is 31.9 Å². The second-order valence-electron chi connectivity index (χ2n) is 8.54. The standard InChI is InChI=1S/C26H27N7O2/c1-16-19(17(2)30-25-24(16)26(35-4)31-32(25)3)10-12-23(34)28-14-18-9-11-22(27-13-18)33-15-29-20-7-5-6-8-21(20)33/h5-9,11,13,15H,10,12,14H2,1-4H3,(H,28,34). The predicted octanol–water partition coefficient (Wildman–Crippen LogP) is 3.58. The van der Waals surface area contributed by atoms with E-state index in [4.69, 9.17) is 9.72 Å². The Bertz CT molecular complexity index is 1530. The number of imidazole rings is 1. The highest BCUT2D eigenvalue weighted by atomic mass is 16.5. The quantitative estimate of drug-likeness (QED) is 0.391. The van der Waals surface area contributed by atoms with Crippen molar-refractivity contribution < 1.29 is 9.53 Å². The molecule has 5 aromatic rings. The summed E-state index contributed by atoms with van der Waals surface area (Å²) in [7, 11) is 3.45. The molecule has 0 aliphatic rings. The van der Waals surface area contributed by atoms with Gasteiger partial charge in [-0.25, -0.2) is 19.6 Å². The number of rotatable bonds is 7. The minimum absolute atomic E-state index is 0.0215. The van der Waals surface area contributed by atoms with Crippen molar-refractivity contribution >= 4 is 28.0 Å². The van der Waals surface area contributed by atoms with Crippen molar-refractivity contribution in [3.63, 3.8) is 0 Å². The van der Waals surface area contributed by atoms with Gasteiger partial charge in [-0.1, -0.05) is 18.2 Å². The first-order chi connectivity index (χ1) is 17.0. The minimum Gasteiger partial charge on any atom is -0.479 e. The summed E-state index contributed by atoms with van der Waals surface area (Å²) < 4.78 is 9.10. The third kappa shape index (κ3) is 4.21. The maximum Gasteiger partial charge on any atom is 0.242 e. The van der Waals surface area contributed by atoms with Crippen LogP contribution in [0.3, 0.4) is 0 Å². The van der Waals surface area contributed by atoms with E-state index in [9.17, 15) is 4.79 Å². The lowest BCUT2D eigenvalue weighted by molar-refractivity contribution is -0.121. The summed E-state index contributed by atoms with van der Waals surface area (Å²) in [6.45, 7) is 4.42. The molecule has 9 nitrogen and oxygen atoms in total. The summed E-state index contributed by atoms with van der Waals surface area (Å²) >= 11 is 0. The van der Waals surface area contributed by atoms with Gasteiger partial charge in [0.25, 0.3) is 0 Å². The number of aromatic nitrogens is 6. The molecule has 0 aliphatic heterocycles. The zero-order valence-corrected chi connectivity index (χ0v) is 20.2. The van der Waals surface area contributed by atoms with Gasteiger partial charge in [-0.3, -0.25) is 9.36 Å². The van der Waals surface area contributed by atoms with Crippen LogP contribution >= 0.6 is 0 Å². The minimum atomic E-state index is -0.0215. The van der Waals surface area contributed by atoms with Crippen molar-refractivity contribution in [2.45, 2.75) is 33.2 Å². The highest BCUT2D eigenvalue weighted by molar-refractivity contribution is 5.86. The van der Waals surface area contributed by atoms with Crippen LogP contribution in [0, 0.1) is 13.8 Å². The molecule has 5 rings (SSSR count). The Balaban J connectivity index is 1.23. The number of para-hydroxylation sites is 2. The zero-order chi connectivity index (χ0) is 24.5. The summed E-state index contributed by atoms with van der Waals surface area (Å²) in [6.07, 6.45) is 4.51. The number of aryl methyl sites for hydroxylation is 3. The number of hydrogen-bond acceptors (Lipinski definition) is 6. The van der Waals surface area contributed by atoms with Crippen LogP contribution in [0.1, 0.15) is 28.8 Å². The van der Waals surface area contributed by atoms with Gasteiger partial charge in [0.15, 0.2) is 5.65 Å². The number of carbonyl (C=O) groups is 1. The first-order valence-electron chi connectivity index (χ1n) is 11.5. The molecule has 0 aliphatic carbocycles. The van der Waals surface area contributed by atoms with E-state index >= 15 is 0 Å². The first kappa shape index (κ1) is 22.5. The van der Waals surface area contributed by atoms with Gasteiger partial charge in [-0.2, -0.15) is 0 Å². The number of methoxy groups -OCH3 is 1. The third-order valence-electron chi connectivity index (χ3n) is 6.32. The monoisotopic (exact) mass is 469 g/mol. The van der Waals surface area contributed by atoms with E-state index < -0.39 is 0 Å². The number of hydrogen-bond donors (Lipinski definition) is 1. The number of carbonyl (C=O) groups excluding carboxylic acids is 1. The third-order valence-corrected chi connectivity index (χ3v) is 6.32. The lowest BCUT2D eigenvalue weighted by atomic mass is 10.00. The normalized spacial score (nSPS) is 11.3. The van der Waals surface area contributed by atoms with Crippen LogP contribution in [-0.2, 0) is 24.8 Å². The maximum atomic E-state index is 12.6. The lowest BCUT2D eigenvalue weighted by Crippen LogP contribution is -2.23. The van der Waals surface area contributed by atoms with Crippen molar-refractivity contribution in [2.24, 2.45) is 7.05 Å². The molecule has 0 bridgehead atoms. The van der Waals surface area contributed by atoms with Crippen molar-refractivity contribution in [3.05, 3.63) is 71.3 Å². The van der Waals surface area contributed by atoms with E-state index in [1.54, 1.807) is 24.3 Å². The van der Waals surface area contributed by atoms with Crippen LogP contribution in [0.25, 0.3) is 27.9 Å². The molecule has 0 radical (unpaired) electrons. The number of pyridine rings is 2. The van der Waals surface area contributed by atoms with Gasteiger partial charge in [-0.15, -0.1) is 5.10 Å². The van der Waals surface area contributed by atoms with Gasteiger partial charge in [0.2, 0.25) is 11.8 Å². The van der Waals surface area contributed by atoms with E-state index in [-0.39, 0.29) is 5.91 Å². The molecule has 9 heteroatoms. The molecular formula is C26H27N7O2. The second kappa shape index (κ2) is 9.17. The molecule has 0 fully saturated rings. The van der Waals surface area contributed by atoms with Crippen LogP contribution in [0.2, 0.25) is 0 Å². The van der Waals surface area contributed by atoms with Gasteiger partial charge in [0.1, 0.15) is 12.1 Å². The molecule has 0 unspecified atom stereocenters. The zero-order valence-electron chi connectivity index (χ0n) is 20.2. The highest BCUT2D eigenvalue weighted by Gasteiger charge is 2.18. The number of nitrogens with zero attached hydrogens (tertiary/aromatic N) is 6. The van der Waals surface area contributed by atoms with Crippen molar-refractivity contribution in [3.8, 4) is 11.7 Å². The van der Waals surface area contributed by atoms with Crippen LogP contribution in [-0.4, -0.2) is 42.3 Å². The number of amides is 1. The SMILES string of the molecule is COc1nn(C)c2nc(C)c(CCC(=O)NCc3ccc(-n4cnc5ccccc54)nc3)c(C)c12. The molecule has 0 saturated heterocycles. The molecule has 1 amide bonds. The molecule has 1 aromatic carbocycles. The molecule has 1 N–H and O–H groups in total. The Hall–Kier alpha value is -4.27. The topological polar surface area (TPSA) is 99.8 Å². The Labute approximate surface area is 202 Å². The number of benzene rings is 1. The summed E-state index contributed by atoms with van der Waals surface area (Å²) in [5.74, 6) is 1.32. The maximum absolute atomic E-state index is 12.6. The molecule has 0 spiro atoms. The van der Waals surface area contributed by atoms with Crippen LogP contribution in [0.15, 0.2) is 48.9 Å². The average Bonchev–Trinajstić information content (AvgIpc) is 3.44. The summed E-state index contributed by atoms with van der Waals surface area (Å²) in [5.41, 5.74) is 6.65.